The fraction of sp³-hybridized carbons (Fsp3) is 0.429. The number of imidazole rings is 1. The van der Waals surface area contributed by atoms with Crippen LogP contribution in [0.25, 0.3) is 21.9 Å². The number of ether oxygens (including phenoxy) is 2. The molecule has 1 aliphatic rings. The Hall–Kier alpha value is -3.32. The second-order valence-corrected chi connectivity index (χ2v) is 13.5. The van der Waals surface area contributed by atoms with Gasteiger partial charge < -0.3 is 24.8 Å². The molecule has 3 heterocycles. The van der Waals surface area contributed by atoms with Crippen LogP contribution in [0.3, 0.4) is 0 Å². The van der Waals surface area contributed by atoms with Gasteiger partial charge >= 0.3 is 13.7 Å². The van der Waals surface area contributed by atoms with E-state index >= 15 is 0 Å². The highest BCUT2D eigenvalue weighted by molar-refractivity contribution is 7.52. The maximum Gasteiger partial charge on any atom is 0.459 e. The molecule has 4 aromatic rings. The molecule has 15 heteroatoms. The lowest BCUT2D eigenvalue weighted by Gasteiger charge is -2.27. The molecule has 2 aromatic heterocycles. The summed E-state index contributed by atoms with van der Waals surface area (Å²) in [7, 11) is -4.32. The summed E-state index contributed by atoms with van der Waals surface area (Å²) in [6.07, 6.45) is -1.01. The van der Waals surface area contributed by atoms with Gasteiger partial charge in [0.2, 0.25) is 5.28 Å². The first-order valence-electron chi connectivity index (χ1n) is 13.7. The van der Waals surface area contributed by atoms with Crippen molar-refractivity contribution >= 4 is 53.1 Å². The number of carbonyl (C=O) groups is 1. The first kappa shape index (κ1) is 31.1. The van der Waals surface area contributed by atoms with Crippen molar-refractivity contribution in [1.29, 1.82) is 0 Å². The highest BCUT2D eigenvalue weighted by atomic mass is 35.5. The summed E-state index contributed by atoms with van der Waals surface area (Å²) < 4.78 is 39.7. The second-order valence-electron chi connectivity index (χ2n) is 11.5. The van der Waals surface area contributed by atoms with Crippen LogP contribution in [-0.4, -0.2) is 62.1 Å². The molecule has 5 rings (SSSR count). The number of anilines is 1. The van der Waals surface area contributed by atoms with E-state index < -0.39 is 44.8 Å². The number of nitrogens with two attached hydrogens (primary N) is 1. The predicted octanol–water partition coefficient (Wildman–Crippen LogP) is 4.63. The van der Waals surface area contributed by atoms with Crippen LogP contribution in [0.1, 0.15) is 40.3 Å². The maximum absolute atomic E-state index is 14.5. The van der Waals surface area contributed by atoms with E-state index in [9.17, 15) is 14.5 Å². The molecule has 0 amide bonds. The van der Waals surface area contributed by atoms with Gasteiger partial charge in [0.15, 0.2) is 11.5 Å². The minimum Gasteiger partial charge on any atom is -0.464 e. The van der Waals surface area contributed by atoms with Gasteiger partial charge in [-0.2, -0.15) is 15.1 Å². The molecule has 0 radical (unpaired) electrons. The van der Waals surface area contributed by atoms with Crippen molar-refractivity contribution in [2.24, 2.45) is 5.41 Å². The summed E-state index contributed by atoms with van der Waals surface area (Å²) >= 11 is 6.02. The Morgan fingerprint density at radius 3 is 2.74 bits per heavy atom. The van der Waals surface area contributed by atoms with Crippen molar-refractivity contribution in [1.82, 2.24) is 24.6 Å². The predicted molar refractivity (Wildman–Crippen MR) is 160 cm³/mol. The van der Waals surface area contributed by atoms with Crippen LogP contribution in [0, 0.1) is 5.41 Å². The van der Waals surface area contributed by atoms with Crippen LogP contribution in [0.2, 0.25) is 5.28 Å². The number of hydrogen-bond donors (Lipinski definition) is 3. The van der Waals surface area contributed by atoms with E-state index in [2.05, 4.69) is 20.0 Å². The van der Waals surface area contributed by atoms with E-state index in [-0.39, 0.29) is 35.3 Å². The number of aliphatic hydroxyl groups is 1. The average Bonchev–Trinajstić information content (AvgIpc) is 3.55. The van der Waals surface area contributed by atoms with Crippen LogP contribution >= 0.6 is 19.3 Å². The van der Waals surface area contributed by atoms with Gasteiger partial charge in [-0.1, -0.05) is 57.2 Å². The molecular formula is C28H34ClN6O7P. The summed E-state index contributed by atoms with van der Waals surface area (Å²) in [6, 6.07) is 11.7. The van der Waals surface area contributed by atoms with Crippen molar-refractivity contribution in [2.45, 2.75) is 58.6 Å². The molecule has 0 bridgehead atoms. The number of nitrogen functional groups attached to an aromatic ring is 1. The Labute approximate surface area is 253 Å². The van der Waals surface area contributed by atoms with E-state index in [0.29, 0.717) is 16.6 Å². The zero-order valence-corrected chi connectivity index (χ0v) is 25.8. The standard InChI is InChI=1S/C28H34ClN6O7P/c1-16(26(37)39-14-28(2,3)4)34-43(38,41-19-11-7-9-17-8-5-6-10-18(17)19)42-20-12-22(40-21(20)13-36)35-15-31-23-24(30)32-27(29)33-25(23)35/h5-11,15-16,20-22,36H,12-14H2,1-4H3,(H,34,38)(H2,30,32,33)/t16-,20?,21+,22?,43?/m0/s1. The van der Waals surface area contributed by atoms with Gasteiger partial charge in [0, 0.05) is 11.8 Å². The number of fused-ring (bicyclic) bond motifs is 2. The van der Waals surface area contributed by atoms with Gasteiger partial charge in [-0.05, 0) is 35.4 Å². The number of halogens is 1. The van der Waals surface area contributed by atoms with Gasteiger partial charge in [-0.3, -0.25) is 13.9 Å². The summed E-state index contributed by atoms with van der Waals surface area (Å²) in [5.41, 5.74) is 6.33. The fourth-order valence-corrected chi connectivity index (χ4v) is 6.54. The van der Waals surface area contributed by atoms with Crippen LogP contribution in [0.5, 0.6) is 5.75 Å². The van der Waals surface area contributed by atoms with Gasteiger partial charge in [-0.15, -0.1) is 0 Å². The van der Waals surface area contributed by atoms with Gasteiger partial charge in [0.05, 0.1) is 19.5 Å². The molecule has 1 aliphatic heterocycles. The number of carbonyl (C=O) groups excluding carboxylic acids is 1. The molecule has 13 nitrogen and oxygen atoms in total. The monoisotopic (exact) mass is 632 g/mol. The Balaban J connectivity index is 1.43. The van der Waals surface area contributed by atoms with Gasteiger partial charge in [0.25, 0.3) is 0 Å². The number of benzene rings is 2. The Morgan fingerprint density at radius 2 is 2.00 bits per heavy atom. The molecule has 230 valence electrons. The molecule has 1 fully saturated rings. The number of hydrogen-bond acceptors (Lipinski definition) is 11. The zero-order chi connectivity index (χ0) is 30.9. The summed E-state index contributed by atoms with van der Waals surface area (Å²) in [4.78, 5) is 25.2. The Morgan fingerprint density at radius 1 is 1.26 bits per heavy atom. The van der Waals surface area contributed by atoms with E-state index in [1.54, 1.807) is 16.7 Å². The van der Waals surface area contributed by atoms with E-state index in [1.165, 1.54) is 13.3 Å². The number of aromatic nitrogens is 4. The molecule has 1 saturated heterocycles. The van der Waals surface area contributed by atoms with E-state index in [1.807, 2.05) is 51.1 Å². The highest BCUT2D eigenvalue weighted by Crippen LogP contribution is 2.50. The highest BCUT2D eigenvalue weighted by Gasteiger charge is 2.44. The molecule has 5 atom stereocenters. The van der Waals surface area contributed by atoms with Crippen LogP contribution < -0.4 is 15.3 Å². The lowest BCUT2D eigenvalue weighted by molar-refractivity contribution is -0.148. The van der Waals surface area contributed by atoms with E-state index in [0.717, 1.165) is 5.39 Å². The van der Waals surface area contributed by atoms with Crippen molar-refractivity contribution in [2.75, 3.05) is 18.9 Å². The fourth-order valence-electron chi connectivity index (χ4n) is 4.63. The van der Waals surface area contributed by atoms with Crippen molar-refractivity contribution in [3.05, 3.63) is 54.1 Å². The van der Waals surface area contributed by atoms with Crippen molar-refractivity contribution < 1.29 is 33.0 Å². The molecule has 0 spiro atoms. The lowest BCUT2D eigenvalue weighted by atomic mass is 9.99. The smallest absolute Gasteiger partial charge is 0.459 e. The molecule has 3 unspecified atom stereocenters. The van der Waals surface area contributed by atoms with Crippen LogP contribution in [0.4, 0.5) is 5.82 Å². The quantitative estimate of drug-likeness (QED) is 0.126. The normalized spacial score (nSPS) is 21.1. The first-order chi connectivity index (χ1) is 20.4. The number of aliphatic hydroxyl groups excluding tert-OH is 1. The van der Waals surface area contributed by atoms with Crippen molar-refractivity contribution in [3.8, 4) is 5.75 Å². The molecule has 0 aliphatic carbocycles. The third kappa shape index (κ3) is 7.09. The molecule has 2 aromatic carbocycles. The number of nitrogens with one attached hydrogen (secondary N) is 1. The van der Waals surface area contributed by atoms with Crippen molar-refractivity contribution in [3.63, 3.8) is 0 Å². The number of rotatable bonds is 10. The largest absolute Gasteiger partial charge is 0.464 e. The second kappa shape index (κ2) is 12.4. The molecule has 4 N–H and O–H groups in total. The van der Waals surface area contributed by atoms with Gasteiger partial charge in [-0.25, -0.2) is 9.55 Å². The zero-order valence-electron chi connectivity index (χ0n) is 24.1. The third-order valence-electron chi connectivity index (χ3n) is 6.69. The van der Waals surface area contributed by atoms with Crippen LogP contribution in [-0.2, 0) is 23.4 Å². The minimum absolute atomic E-state index is 0.0687. The minimum atomic E-state index is -4.32. The SMILES string of the molecule is C[C@H](NP(=O)(Oc1cccc2ccccc12)OC1CC(n2cnc3c(N)nc(Cl)nc32)O[C@@H]1CO)C(=O)OCC(C)(C)C. The van der Waals surface area contributed by atoms with E-state index in [4.69, 9.17) is 35.9 Å². The average molecular weight is 633 g/mol. The first-order valence-corrected chi connectivity index (χ1v) is 15.6. The maximum atomic E-state index is 14.5. The Kier molecular flexibility index (Phi) is 8.94. The lowest BCUT2D eigenvalue weighted by Crippen LogP contribution is -2.38. The summed E-state index contributed by atoms with van der Waals surface area (Å²) in [5, 5.41) is 14.4. The van der Waals surface area contributed by atoms with Crippen LogP contribution in [0.15, 0.2) is 48.8 Å². The molecular weight excluding hydrogens is 599 g/mol. The molecule has 0 saturated carbocycles. The summed E-state index contributed by atoms with van der Waals surface area (Å²) in [5.74, 6) is -0.246. The van der Waals surface area contributed by atoms with Gasteiger partial charge in [0.1, 0.15) is 35.7 Å². The summed E-state index contributed by atoms with van der Waals surface area (Å²) in [6.45, 7) is 7.01. The number of nitrogens with zero attached hydrogens (tertiary/aromatic N) is 4. The topological polar surface area (TPSA) is 173 Å². The Bertz CT molecular complexity index is 1670. The molecule has 43 heavy (non-hydrogen) atoms. The third-order valence-corrected chi connectivity index (χ3v) is 8.54. The number of esters is 1.